The molecule has 0 radical (unpaired) electrons. The van der Waals surface area contributed by atoms with E-state index in [0.717, 1.165) is 11.8 Å². The monoisotopic (exact) mass is 158 g/mol. The van der Waals surface area contributed by atoms with Crippen molar-refractivity contribution >= 4 is 11.6 Å². The van der Waals surface area contributed by atoms with Crippen molar-refractivity contribution in [1.82, 2.24) is 0 Å². The van der Waals surface area contributed by atoms with Crippen molar-refractivity contribution in [3.63, 3.8) is 0 Å². The Bertz CT molecular complexity index is 151. The predicted octanol–water partition coefficient (Wildman–Crippen LogP) is 3.05. The summed E-state index contributed by atoms with van der Waals surface area (Å²) in [5, 5.41) is 0.494. The Morgan fingerprint density at radius 2 is 2.00 bits per heavy atom. The van der Waals surface area contributed by atoms with Crippen molar-refractivity contribution in [2.75, 3.05) is 0 Å². The molecule has 0 aromatic heterocycles. The van der Waals surface area contributed by atoms with Gasteiger partial charge in [0.15, 0.2) is 0 Å². The number of alkyl halides is 1. The average Bonchev–Trinajstić information content (AvgIpc) is 2.20. The van der Waals surface area contributed by atoms with E-state index in [1.165, 1.54) is 19.3 Å². The first-order chi connectivity index (χ1) is 4.62. The van der Waals surface area contributed by atoms with Crippen molar-refractivity contribution in [3.8, 4) is 0 Å². The van der Waals surface area contributed by atoms with Gasteiger partial charge in [-0.2, -0.15) is 0 Å². The maximum atomic E-state index is 6.19. The molecule has 2 aliphatic carbocycles. The Morgan fingerprint density at radius 1 is 1.30 bits per heavy atom. The Kier molecular flexibility index (Phi) is 1.33. The smallest absolute Gasteiger partial charge is 0.0372 e. The first-order valence-corrected chi connectivity index (χ1v) is 4.70. The van der Waals surface area contributed by atoms with Gasteiger partial charge >= 0.3 is 0 Å². The number of hydrogen-bond donors (Lipinski definition) is 0. The standard InChI is InChI=1S/C9H15Cl/c1-9(2)6-3-4-7(9)8(10)5-6/h6-8H,3-5H2,1-2H3/t6-,7+,8+/m1/s1. The Labute approximate surface area is 68.0 Å². The van der Waals surface area contributed by atoms with E-state index in [9.17, 15) is 0 Å². The van der Waals surface area contributed by atoms with Gasteiger partial charge in [-0.25, -0.2) is 0 Å². The highest BCUT2D eigenvalue weighted by Crippen LogP contribution is 2.58. The first-order valence-electron chi connectivity index (χ1n) is 4.26. The third-order valence-electron chi connectivity index (χ3n) is 3.78. The zero-order chi connectivity index (χ0) is 7.35. The maximum absolute atomic E-state index is 6.19. The van der Waals surface area contributed by atoms with Gasteiger partial charge in [-0.15, -0.1) is 11.6 Å². The molecule has 2 aliphatic rings. The second-order valence-electron chi connectivity index (χ2n) is 4.45. The van der Waals surface area contributed by atoms with Crippen LogP contribution in [0.25, 0.3) is 0 Å². The molecule has 0 nitrogen and oxygen atoms in total. The summed E-state index contributed by atoms with van der Waals surface area (Å²) >= 11 is 6.19. The van der Waals surface area contributed by atoms with Crippen LogP contribution in [0.1, 0.15) is 33.1 Å². The SMILES string of the molecule is CC1(C)[C@@H]2CC[C@H]1[C@@H](Cl)C2. The second-order valence-corrected chi connectivity index (χ2v) is 5.01. The fraction of sp³-hybridized carbons (Fsp3) is 1.00. The quantitative estimate of drug-likeness (QED) is 0.476. The van der Waals surface area contributed by atoms with Crippen LogP contribution in [-0.4, -0.2) is 5.38 Å². The normalized spacial score (nSPS) is 50.1. The fourth-order valence-corrected chi connectivity index (χ4v) is 3.60. The zero-order valence-electron chi connectivity index (χ0n) is 6.73. The summed E-state index contributed by atoms with van der Waals surface area (Å²) in [5.74, 6) is 1.75. The number of hydrogen-bond acceptors (Lipinski definition) is 0. The third-order valence-corrected chi connectivity index (χ3v) is 4.26. The van der Waals surface area contributed by atoms with E-state index in [4.69, 9.17) is 11.6 Å². The summed E-state index contributed by atoms with van der Waals surface area (Å²) in [7, 11) is 0. The van der Waals surface area contributed by atoms with Gasteiger partial charge in [0.1, 0.15) is 0 Å². The molecule has 2 bridgehead atoms. The second kappa shape index (κ2) is 1.91. The van der Waals surface area contributed by atoms with Crippen LogP contribution in [0.2, 0.25) is 0 Å². The lowest BCUT2D eigenvalue weighted by Crippen LogP contribution is -2.19. The molecule has 10 heavy (non-hydrogen) atoms. The van der Waals surface area contributed by atoms with E-state index >= 15 is 0 Å². The topological polar surface area (TPSA) is 0 Å². The minimum absolute atomic E-state index is 0.494. The molecule has 1 heteroatoms. The van der Waals surface area contributed by atoms with Crippen LogP contribution in [0.4, 0.5) is 0 Å². The Balaban J connectivity index is 2.27. The van der Waals surface area contributed by atoms with Gasteiger partial charge in [0.05, 0.1) is 0 Å². The van der Waals surface area contributed by atoms with Gasteiger partial charge in [0, 0.05) is 5.38 Å². The van der Waals surface area contributed by atoms with Crippen LogP contribution in [0.3, 0.4) is 0 Å². The number of rotatable bonds is 0. The Hall–Kier alpha value is 0.290. The maximum Gasteiger partial charge on any atom is 0.0372 e. The van der Waals surface area contributed by atoms with Crippen molar-refractivity contribution in [1.29, 1.82) is 0 Å². The predicted molar refractivity (Wildman–Crippen MR) is 44.3 cm³/mol. The summed E-state index contributed by atoms with van der Waals surface area (Å²) < 4.78 is 0. The highest BCUT2D eigenvalue weighted by Gasteiger charge is 2.52. The minimum atomic E-state index is 0.494. The van der Waals surface area contributed by atoms with Gasteiger partial charge in [0.2, 0.25) is 0 Å². The van der Waals surface area contributed by atoms with Crippen LogP contribution in [-0.2, 0) is 0 Å². The van der Waals surface area contributed by atoms with Crippen LogP contribution in [0.15, 0.2) is 0 Å². The summed E-state index contributed by atoms with van der Waals surface area (Å²) in [6.07, 6.45) is 4.09. The van der Waals surface area contributed by atoms with E-state index in [2.05, 4.69) is 13.8 Å². The zero-order valence-corrected chi connectivity index (χ0v) is 7.49. The molecule has 58 valence electrons. The summed E-state index contributed by atoms with van der Waals surface area (Å²) in [6.45, 7) is 4.77. The van der Waals surface area contributed by atoms with Crippen LogP contribution in [0.5, 0.6) is 0 Å². The molecule has 2 rings (SSSR count). The lowest BCUT2D eigenvalue weighted by Gasteiger charge is -2.24. The van der Waals surface area contributed by atoms with E-state index in [1.54, 1.807) is 0 Å². The molecule has 3 atom stereocenters. The first kappa shape index (κ1) is 6.97. The molecule has 0 N–H and O–H groups in total. The summed E-state index contributed by atoms with van der Waals surface area (Å²) in [4.78, 5) is 0. The lowest BCUT2D eigenvalue weighted by atomic mass is 9.82. The molecular formula is C9H15Cl. The molecule has 0 saturated heterocycles. The van der Waals surface area contributed by atoms with Gasteiger partial charge < -0.3 is 0 Å². The van der Waals surface area contributed by atoms with Crippen molar-refractivity contribution < 1.29 is 0 Å². The van der Waals surface area contributed by atoms with Gasteiger partial charge in [-0.1, -0.05) is 13.8 Å². The van der Waals surface area contributed by atoms with Gasteiger partial charge in [-0.3, -0.25) is 0 Å². The highest BCUT2D eigenvalue weighted by atomic mass is 35.5. The molecule has 0 aliphatic heterocycles. The highest BCUT2D eigenvalue weighted by molar-refractivity contribution is 6.21. The summed E-state index contributed by atoms with van der Waals surface area (Å²) in [6, 6.07) is 0. The fourth-order valence-electron chi connectivity index (χ4n) is 2.93. The molecule has 2 saturated carbocycles. The molecule has 0 aromatic rings. The molecule has 0 heterocycles. The summed E-state index contributed by atoms with van der Waals surface area (Å²) in [5.41, 5.74) is 0.562. The van der Waals surface area contributed by atoms with Crippen molar-refractivity contribution in [2.45, 2.75) is 38.5 Å². The molecule has 0 aromatic carbocycles. The van der Waals surface area contributed by atoms with Gasteiger partial charge in [0.25, 0.3) is 0 Å². The van der Waals surface area contributed by atoms with E-state index < -0.39 is 0 Å². The van der Waals surface area contributed by atoms with Crippen LogP contribution >= 0.6 is 11.6 Å². The lowest BCUT2D eigenvalue weighted by molar-refractivity contribution is 0.260. The van der Waals surface area contributed by atoms with Crippen LogP contribution < -0.4 is 0 Å². The van der Waals surface area contributed by atoms with E-state index in [1.807, 2.05) is 0 Å². The van der Waals surface area contributed by atoms with Crippen molar-refractivity contribution in [2.24, 2.45) is 17.3 Å². The van der Waals surface area contributed by atoms with E-state index in [0.29, 0.717) is 10.8 Å². The molecule has 0 unspecified atom stereocenters. The van der Waals surface area contributed by atoms with Crippen LogP contribution in [0, 0.1) is 17.3 Å². The van der Waals surface area contributed by atoms with Gasteiger partial charge in [-0.05, 0) is 36.5 Å². The number of halogens is 1. The minimum Gasteiger partial charge on any atom is -0.123 e. The third kappa shape index (κ3) is 0.689. The Morgan fingerprint density at radius 3 is 2.20 bits per heavy atom. The largest absolute Gasteiger partial charge is 0.123 e. The van der Waals surface area contributed by atoms with Crippen molar-refractivity contribution in [3.05, 3.63) is 0 Å². The molecular weight excluding hydrogens is 144 g/mol. The molecule has 2 fully saturated rings. The number of fused-ring (bicyclic) bond motifs is 2. The van der Waals surface area contributed by atoms with E-state index in [-0.39, 0.29) is 0 Å². The molecule has 0 amide bonds. The molecule has 0 spiro atoms. The average molecular weight is 159 g/mol.